The van der Waals surface area contributed by atoms with Crippen molar-refractivity contribution < 1.29 is 14.3 Å². The Morgan fingerprint density at radius 2 is 1.58 bits per heavy atom. The first kappa shape index (κ1) is 20.7. The van der Waals surface area contributed by atoms with E-state index in [4.69, 9.17) is 21.1 Å². The molecule has 4 rings (SSSR count). The van der Waals surface area contributed by atoms with Gasteiger partial charge in [-0.15, -0.1) is 0 Å². The van der Waals surface area contributed by atoms with Crippen LogP contribution in [0.5, 0.6) is 11.5 Å². The van der Waals surface area contributed by atoms with Crippen LogP contribution in [0, 0.1) is 6.92 Å². The zero-order chi connectivity index (χ0) is 22.0. The molecule has 0 unspecified atom stereocenters. The van der Waals surface area contributed by atoms with Gasteiger partial charge >= 0.3 is 0 Å². The molecule has 0 aliphatic carbocycles. The third-order valence-corrected chi connectivity index (χ3v) is 5.22. The molecule has 3 aromatic carbocycles. The van der Waals surface area contributed by atoms with Crippen molar-refractivity contribution in [2.24, 2.45) is 4.99 Å². The minimum absolute atomic E-state index is 0.205. The van der Waals surface area contributed by atoms with Crippen LogP contribution in [0.2, 0.25) is 5.02 Å². The van der Waals surface area contributed by atoms with Crippen molar-refractivity contribution in [3.63, 3.8) is 0 Å². The highest BCUT2D eigenvalue weighted by atomic mass is 35.5. The Kier molecular flexibility index (Phi) is 5.78. The first-order valence-corrected chi connectivity index (χ1v) is 10.1. The first-order valence-electron chi connectivity index (χ1n) is 9.69. The predicted molar refractivity (Wildman–Crippen MR) is 124 cm³/mol. The van der Waals surface area contributed by atoms with Crippen LogP contribution in [0.3, 0.4) is 0 Å². The lowest BCUT2D eigenvalue weighted by Gasteiger charge is -2.18. The molecule has 5 nitrogen and oxygen atoms in total. The molecule has 0 atom stereocenters. The van der Waals surface area contributed by atoms with Gasteiger partial charge in [-0.2, -0.15) is 0 Å². The van der Waals surface area contributed by atoms with E-state index in [0.717, 1.165) is 22.4 Å². The molecule has 1 aliphatic heterocycles. The molecule has 0 bridgehead atoms. The number of ether oxygens (including phenoxy) is 2. The normalized spacial score (nSPS) is 14.7. The van der Waals surface area contributed by atoms with Gasteiger partial charge in [-0.05, 0) is 67.1 Å². The molecule has 0 spiro atoms. The molecule has 156 valence electrons. The molecule has 0 saturated heterocycles. The van der Waals surface area contributed by atoms with E-state index in [1.165, 1.54) is 0 Å². The molecular formula is C25H21ClN2O3. The highest BCUT2D eigenvalue weighted by molar-refractivity contribution is 6.34. The number of anilines is 1. The lowest BCUT2D eigenvalue weighted by Crippen LogP contribution is -2.32. The van der Waals surface area contributed by atoms with Gasteiger partial charge in [-0.1, -0.05) is 35.4 Å². The van der Waals surface area contributed by atoms with Gasteiger partial charge in [0.1, 0.15) is 11.5 Å². The lowest BCUT2D eigenvalue weighted by molar-refractivity contribution is -0.113. The van der Waals surface area contributed by atoms with E-state index >= 15 is 0 Å². The number of rotatable bonds is 5. The van der Waals surface area contributed by atoms with Crippen LogP contribution >= 0.6 is 11.6 Å². The second-order valence-corrected chi connectivity index (χ2v) is 7.50. The number of hydrogen-bond acceptors (Lipinski definition) is 4. The molecule has 1 heterocycles. The molecule has 1 amide bonds. The van der Waals surface area contributed by atoms with Crippen LogP contribution < -0.4 is 14.4 Å². The fraction of sp³-hybridized carbons (Fsp3) is 0.120. The van der Waals surface area contributed by atoms with E-state index in [2.05, 4.69) is 4.99 Å². The number of carbonyl (C=O) groups excluding carboxylic acids is 1. The van der Waals surface area contributed by atoms with Crippen molar-refractivity contribution in [3.05, 3.63) is 94.1 Å². The van der Waals surface area contributed by atoms with Gasteiger partial charge in [0.15, 0.2) is 11.5 Å². The van der Waals surface area contributed by atoms with Crippen molar-refractivity contribution >= 4 is 35.1 Å². The molecule has 0 aromatic heterocycles. The predicted octanol–water partition coefficient (Wildman–Crippen LogP) is 5.50. The summed E-state index contributed by atoms with van der Waals surface area (Å²) in [5, 5.41) is 0.622. The van der Waals surface area contributed by atoms with Gasteiger partial charge in [0, 0.05) is 10.6 Å². The summed E-state index contributed by atoms with van der Waals surface area (Å²) in [7, 11) is 3.16. The Hall–Kier alpha value is -3.57. The Morgan fingerprint density at radius 3 is 2.23 bits per heavy atom. The maximum Gasteiger partial charge on any atom is 0.282 e. The second kappa shape index (κ2) is 8.66. The van der Waals surface area contributed by atoms with E-state index in [9.17, 15) is 4.79 Å². The topological polar surface area (TPSA) is 51.1 Å². The van der Waals surface area contributed by atoms with Gasteiger partial charge in [0.25, 0.3) is 5.91 Å². The molecule has 1 aliphatic rings. The van der Waals surface area contributed by atoms with Crippen molar-refractivity contribution in [3.8, 4) is 11.5 Å². The number of methoxy groups -OCH3 is 2. The number of amidine groups is 1. The fourth-order valence-corrected chi connectivity index (χ4v) is 3.47. The zero-order valence-electron chi connectivity index (χ0n) is 17.4. The van der Waals surface area contributed by atoms with Crippen molar-refractivity contribution in [1.82, 2.24) is 0 Å². The summed E-state index contributed by atoms with van der Waals surface area (Å²) in [5.74, 6) is 1.55. The highest BCUT2D eigenvalue weighted by Crippen LogP contribution is 2.31. The van der Waals surface area contributed by atoms with Crippen LogP contribution in [-0.2, 0) is 4.79 Å². The molecule has 3 aromatic rings. The van der Waals surface area contributed by atoms with Crippen molar-refractivity contribution in [1.29, 1.82) is 0 Å². The highest BCUT2D eigenvalue weighted by Gasteiger charge is 2.32. The maximum atomic E-state index is 13.4. The van der Waals surface area contributed by atoms with Gasteiger partial charge in [0.2, 0.25) is 0 Å². The average Bonchev–Trinajstić information content (AvgIpc) is 3.10. The molecular weight excluding hydrogens is 412 g/mol. The molecule has 31 heavy (non-hydrogen) atoms. The van der Waals surface area contributed by atoms with Crippen LogP contribution in [0.25, 0.3) is 6.08 Å². The Morgan fingerprint density at radius 1 is 0.903 bits per heavy atom. The minimum atomic E-state index is -0.205. The summed E-state index contributed by atoms with van der Waals surface area (Å²) in [5.41, 5.74) is 3.78. The summed E-state index contributed by atoms with van der Waals surface area (Å²) in [6, 6.07) is 20.5. The number of aryl methyl sites for hydroxylation is 1. The standard InChI is InChI=1S/C25H21ClN2O3/c1-16-4-11-20(12-5-16)28-24(18-7-9-19(26)10-8-18)27-21(25(28)29)14-17-6-13-22(30-2)23(15-17)31-3/h4-15H,1-3H3/b21-14+. The monoisotopic (exact) mass is 432 g/mol. The summed E-state index contributed by atoms with van der Waals surface area (Å²) in [4.78, 5) is 19.7. The SMILES string of the molecule is COc1ccc(/C=C2/N=C(c3ccc(Cl)cc3)N(c3ccc(C)cc3)C2=O)cc1OC. The van der Waals surface area contributed by atoms with Gasteiger partial charge in [-0.3, -0.25) is 9.69 Å². The third-order valence-electron chi connectivity index (χ3n) is 4.97. The largest absolute Gasteiger partial charge is 0.493 e. The number of amides is 1. The Labute approximate surface area is 186 Å². The summed E-state index contributed by atoms with van der Waals surface area (Å²) >= 11 is 6.05. The van der Waals surface area contributed by atoms with Crippen molar-refractivity contribution in [2.75, 3.05) is 19.1 Å². The minimum Gasteiger partial charge on any atom is -0.493 e. The number of carbonyl (C=O) groups is 1. The number of nitrogens with zero attached hydrogens (tertiary/aromatic N) is 2. The van der Waals surface area contributed by atoms with Crippen LogP contribution in [0.1, 0.15) is 16.7 Å². The number of benzene rings is 3. The average molecular weight is 433 g/mol. The van der Waals surface area contributed by atoms with Crippen LogP contribution in [-0.4, -0.2) is 26.0 Å². The van der Waals surface area contributed by atoms with Crippen molar-refractivity contribution in [2.45, 2.75) is 6.92 Å². The lowest BCUT2D eigenvalue weighted by atomic mass is 10.1. The van der Waals surface area contributed by atoms with Gasteiger partial charge < -0.3 is 9.47 Å². The second-order valence-electron chi connectivity index (χ2n) is 7.06. The molecule has 0 N–H and O–H groups in total. The Bertz CT molecular complexity index is 1180. The van der Waals surface area contributed by atoms with E-state index in [-0.39, 0.29) is 5.91 Å². The fourth-order valence-electron chi connectivity index (χ4n) is 3.34. The Balaban J connectivity index is 1.80. The summed E-state index contributed by atoms with van der Waals surface area (Å²) in [6.07, 6.45) is 1.74. The molecule has 0 radical (unpaired) electrons. The summed E-state index contributed by atoms with van der Waals surface area (Å²) in [6.45, 7) is 2.01. The van der Waals surface area contributed by atoms with E-state index in [0.29, 0.717) is 28.1 Å². The maximum absolute atomic E-state index is 13.4. The van der Waals surface area contributed by atoms with Gasteiger partial charge in [0.05, 0.1) is 19.9 Å². The molecule has 0 saturated carbocycles. The summed E-state index contributed by atoms with van der Waals surface area (Å²) < 4.78 is 10.7. The van der Waals surface area contributed by atoms with Crippen LogP contribution in [0.15, 0.2) is 77.4 Å². The van der Waals surface area contributed by atoms with Crippen LogP contribution in [0.4, 0.5) is 5.69 Å². The third kappa shape index (κ3) is 4.18. The number of aliphatic imine (C=N–C) groups is 1. The quantitative estimate of drug-likeness (QED) is 0.500. The van der Waals surface area contributed by atoms with E-state index in [1.807, 2.05) is 55.5 Å². The molecule has 6 heteroatoms. The number of hydrogen-bond donors (Lipinski definition) is 0. The smallest absolute Gasteiger partial charge is 0.282 e. The molecule has 0 fully saturated rings. The van der Waals surface area contributed by atoms with E-state index < -0.39 is 0 Å². The van der Waals surface area contributed by atoms with Gasteiger partial charge in [-0.25, -0.2) is 4.99 Å². The number of halogens is 1. The first-order chi connectivity index (χ1) is 15.0. The zero-order valence-corrected chi connectivity index (χ0v) is 18.2. The van der Waals surface area contributed by atoms with E-state index in [1.54, 1.807) is 43.4 Å².